The van der Waals surface area contributed by atoms with E-state index in [1.54, 1.807) is 27.7 Å². The van der Waals surface area contributed by atoms with Crippen molar-refractivity contribution in [3.63, 3.8) is 0 Å². The molecule has 2 fully saturated rings. The first-order valence-corrected chi connectivity index (χ1v) is 31.0. The van der Waals surface area contributed by atoms with Crippen molar-refractivity contribution in [1.29, 1.82) is 0 Å². The number of ether oxygens (including phenoxy) is 1. The fraction of sp³-hybridized carbons (Fsp3) is 0.486. The summed E-state index contributed by atoms with van der Waals surface area (Å²) >= 11 is 0. The molecule has 0 aliphatic carbocycles. The van der Waals surface area contributed by atoms with Crippen molar-refractivity contribution in [1.82, 2.24) is 45.8 Å². The molecule has 0 unspecified atom stereocenters. The monoisotopic (exact) mass is 1180 g/mol. The molecular weight excluding hydrogens is 1080 g/mol. The Labute approximate surface area is 512 Å². The SMILES string of the molecule is CN[C@H](Cc1ccccc1)C(=O)N(CCc1ccccc1)C[C@@H]1CCCN1C(=O)[C@H](CCc1ccccc1)NC(=O)[C@H](C)N(C)C.C[C@@H](C(=O)N[C@@H](CCc1ccccc1)C(=O)N1CCC[C@H]1CNCCc1ccccc1)N(C)C(=O)OC(C)(C)C. The fourth-order valence-electron chi connectivity index (χ4n) is 11.0. The van der Waals surface area contributed by atoms with Gasteiger partial charge in [0.2, 0.25) is 29.5 Å². The summed E-state index contributed by atoms with van der Waals surface area (Å²) in [6, 6.07) is 47.7. The minimum Gasteiger partial charge on any atom is -0.444 e. The Balaban J connectivity index is 0.000000278. The van der Waals surface area contributed by atoms with Gasteiger partial charge in [0, 0.05) is 51.9 Å². The van der Waals surface area contributed by atoms with Crippen molar-refractivity contribution < 1.29 is 33.5 Å². The van der Waals surface area contributed by atoms with Crippen molar-refractivity contribution in [2.75, 3.05) is 67.5 Å². The smallest absolute Gasteiger partial charge is 0.410 e. The Bertz CT molecular complexity index is 2840. The van der Waals surface area contributed by atoms with Crippen molar-refractivity contribution in [2.45, 2.75) is 153 Å². The third-order valence-electron chi connectivity index (χ3n) is 16.5. The van der Waals surface area contributed by atoms with Gasteiger partial charge in [-0.1, -0.05) is 152 Å². The maximum absolute atomic E-state index is 14.2. The molecule has 0 radical (unpaired) electrons. The molecule has 5 aromatic rings. The molecular formula is C70H97N9O7. The molecule has 86 heavy (non-hydrogen) atoms. The summed E-state index contributed by atoms with van der Waals surface area (Å²) < 4.78 is 5.42. The Morgan fingerprint density at radius 3 is 1.43 bits per heavy atom. The molecule has 2 aliphatic heterocycles. The highest BCUT2D eigenvalue weighted by Crippen LogP contribution is 2.24. The Morgan fingerprint density at radius 2 is 0.977 bits per heavy atom. The second-order valence-electron chi connectivity index (χ2n) is 24.2. The van der Waals surface area contributed by atoms with E-state index in [0.717, 1.165) is 68.3 Å². The third-order valence-corrected chi connectivity index (χ3v) is 16.5. The van der Waals surface area contributed by atoms with E-state index in [1.807, 2.05) is 175 Å². The van der Waals surface area contributed by atoms with Gasteiger partial charge in [0.15, 0.2) is 0 Å². The van der Waals surface area contributed by atoms with Crippen LogP contribution in [0.4, 0.5) is 4.79 Å². The molecule has 464 valence electrons. The molecule has 16 heteroatoms. The van der Waals surface area contributed by atoms with Crippen molar-refractivity contribution in [3.8, 4) is 0 Å². The van der Waals surface area contributed by atoms with E-state index < -0.39 is 29.8 Å². The van der Waals surface area contributed by atoms with E-state index in [4.69, 9.17) is 4.74 Å². The predicted molar refractivity (Wildman–Crippen MR) is 342 cm³/mol. The summed E-state index contributed by atoms with van der Waals surface area (Å²) in [5.41, 5.74) is 5.11. The molecule has 5 aromatic carbocycles. The molecule has 2 heterocycles. The second-order valence-corrected chi connectivity index (χ2v) is 24.2. The van der Waals surface area contributed by atoms with E-state index >= 15 is 0 Å². The lowest BCUT2D eigenvalue weighted by atomic mass is 10.0. The van der Waals surface area contributed by atoms with Gasteiger partial charge in [0.25, 0.3) is 0 Å². The molecule has 6 amide bonds. The first-order valence-electron chi connectivity index (χ1n) is 31.0. The number of nitrogens with zero attached hydrogens (tertiary/aromatic N) is 5. The van der Waals surface area contributed by atoms with Crippen molar-refractivity contribution >= 4 is 35.6 Å². The minimum atomic E-state index is -0.795. The van der Waals surface area contributed by atoms with E-state index in [-0.39, 0.29) is 53.7 Å². The predicted octanol–water partition coefficient (Wildman–Crippen LogP) is 8.13. The number of rotatable bonds is 28. The lowest BCUT2D eigenvalue weighted by Gasteiger charge is -2.35. The summed E-state index contributed by atoms with van der Waals surface area (Å²) in [5.74, 6) is -0.636. The standard InChI is InChI=1S/C38H51N5O3.C32H46N4O4/c1-29(41(3)4)36(44)40-34(23-22-30-15-8-5-9-16-30)38(46)43-25-14-21-33(43)28-42(26-24-31-17-10-6-11-18-31)37(45)35(39-2)27-32-19-12-7-13-20-32;1-24(35(5)31(39)40-32(2,3)4)29(37)34-28(19-18-25-13-8-6-9-14-25)30(38)36-22-12-17-27(36)23-33-21-20-26-15-10-7-11-16-26/h5-13,15-20,29,33-35,39H,14,21-28H2,1-4H3,(H,40,44);6-11,13-16,24,27-28,33H,12,17-23H2,1-5H3,(H,34,37)/t29-,33-,34-,35+;24-,27-,28-/m00/s1. The zero-order valence-corrected chi connectivity index (χ0v) is 52.6. The molecule has 0 bridgehead atoms. The van der Waals surface area contributed by atoms with E-state index in [1.165, 1.54) is 23.1 Å². The number of benzene rings is 5. The summed E-state index contributed by atoms with van der Waals surface area (Å²) in [5, 5.41) is 12.8. The Morgan fingerprint density at radius 1 is 0.558 bits per heavy atom. The number of likely N-dealkylation sites (N-methyl/N-ethyl adjacent to an activating group) is 3. The van der Waals surface area contributed by atoms with E-state index in [0.29, 0.717) is 58.3 Å². The maximum atomic E-state index is 14.2. The fourth-order valence-corrected chi connectivity index (χ4v) is 11.0. The molecule has 0 spiro atoms. The zero-order chi connectivity index (χ0) is 62.0. The van der Waals surface area contributed by atoms with Crippen LogP contribution >= 0.6 is 0 Å². The molecule has 2 aliphatic rings. The maximum Gasteiger partial charge on any atom is 0.410 e. The molecule has 0 aromatic heterocycles. The van der Waals surface area contributed by atoms with E-state index in [2.05, 4.69) is 45.5 Å². The van der Waals surface area contributed by atoms with Crippen LogP contribution < -0.4 is 21.3 Å². The van der Waals surface area contributed by atoms with Gasteiger partial charge in [-0.05, 0) is 161 Å². The van der Waals surface area contributed by atoms with Crippen LogP contribution in [0, 0.1) is 0 Å². The number of hydrogen-bond donors (Lipinski definition) is 4. The summed E-state index contributed by atoms with van der Waals surface area (Å²) in [6.07, 6.45) is 7.53. The van der Waals surface area contributed by atoms with E-state index in [9.17, 15) is 28.8 Å². The summed E-state index contributed by atoms with van der Waals surface area (Å²) in [7, 11) is 7.09. The van der Waals surface area contributed by atoms with Gasteiger partial charge in [-0.3, -0.25) is 33.8 Å². The lowest BCUT2D eigenvalue weighted by Crippen LogP contribution is -2.56. The first kappa shape index (κ1) is 67.7. The molecule has 16 nitrogen and oxygen atoms in total. The number of amides is 6. The van der Waals surface area contributed by atoms with Crippen LogP contribution in [-0.2, 0) is 60.8 Å². The number of carbonyl (C=O) groups excluding carboxylic acids is 6. The highest BCUT2D eigenvalue weighted by molar-refractivity contribution is 5.92. The van der Waals surface area contributed by atoms with Gasteiger partial charge < -0.3 is 40.7 Å². The van der Waals surface area contributed by atoms with Crippen molar-refractivity contribution in [2.24, 2.45) is 0 Å². The normalized spacial score (nSPS) is 16.6. The van der Waals surface area contributed by atoms with Gasteiger partial charge in [0.1, 0.15) is 23.7 Å². The highest BCUT2D eigenvalue weighted by atomic mass is 16.6. The van der Waals surface area contributed by atoms with Crippen LogP contribution in [-0.4, -0.2) is 175 Å². The number of likely N-dealkylation sites (tertiary alicyclic amines) is 2. The molecule has 7 atom stereocenters. The molecule has 2 saturated heterocycles. The first-order chi connectivity index (χ1) is 41.3. The third kappa shape index (κ3) is 21.8. The van der Waals surface area contributed by atoms with Gasteiger partial charge in [-0.15, -0.1) is 0 Å². The molecule has 4 N–H and O–H groups in total. The Hall–Kier alpha value is -7.40. The van der Waals surface area contributed by atoms with Gasteiger partial charge in [0.05, 0.1) is 12.1 Å². The number of carbonyl (C=O) groups is 6. The summed E-state index contributed by atoms with van der Waals surface area (Å²) in [6.45, 7) is 12.7. The Kier molecular flexibility index (Phi) is 27.3. The molecule has 0 saturated carbocycles. The topological polar surface area (TPSA) is 176 Å². The van der Waals surface area contributed by atoms with Crippen LogP contribution in [0.5, 0.6) is 0 Å². The lowest BCUT2D eigenvalue weighted by molar-refractivity contribution is -0.140. The highest BCUT2D eigenvalue weighted by Gasteiger charge is 2.38. The van der Waals surface area contributed by atoms with Crippen LogP contribution in [0.25, 0.3) is 0 Å². The summed E-state index contributed by atoms with van der Waals surface area (Å²) in [4.78, 5) is 90.1. The number of aryl methyl sites for hydroxylation is 2. The van der Waals surface area contributed by atoms with Crippen LogP contribution in [0.3, 0.4) is 0 Å². The average molecular weight is 1180 g/mol. The van der Waals surface area contributed by atoms with Gasteiger partial charge in [-0.2, -0.15) is 0 Å². The quantitative estimate of drug-likeness (QED) is 0.0358. The van der Waals surface area contributed by atoms with Crippen LogP contribution in [0.2, 0.25) is 0 Å². The van der Waals surface area contributed by atoms with Crippen LogP contribution in [0.15, 0.2) is 152 Å². The zero-order valence-electron chi connectivity index (χ0n) is 52.6. The minimum absolute atomic E-state index is 0.0373. The second kappa shape index (κ2) is 34.7. The number of nitrogens with one attached hydrogen (secondary N) is 4. The average Bonchev–Trinajstić information content (AvgIpc) is 3.61. The molecule has 7 rings (SSSR count). The largest absolute Gasteiger partial charge is 0.444 e. The van der Waals surface area contributed by atoms with Crippen LogP contribution in [0.1, 0.15) is 101 Å². The van der Waals surface area contributed by atoms with Crippen molar-refractivity contribution in [3.05, 3.63) is 179 Å². The van der Waals surface area contributed by atoms with Gasteiger partial charge in [-0.25, -0.2) is 4.79 Å². The number of hydrogen-bond acceptors (Lipinski definition) is 10. The van der Waals surface area contributed by atoms with Gasteiger partial charge >= 0.3 is 6.09 Å².